The number of carbonyl (C=O) groups is 2. The van der Waals surface area contributed by atoms with E-state index >= 15 is 0 Å². The molecule has 0 aromatic carbocycles. The molecule has 1 saturated heterocycles. The van der Waals surface area contributed by atoms with Crippen LogP contribution in [-0.4, -0.2) is 60.2 Å². The summed E-state index contributed by atoms with van der Waals surface area (Å²) in [5.41, 5.74) is 0.0568. The molecule has 1 heterocycles. The van der Waals surface area contributed by atoms with Crippen molar-refractivity contribution in [3.63, 3.8) is 0 Å². The highest BCUT2D eigenvalue weighted by atomic mass is 35.5. The molecule has 1 aliphatic rings. The maximum absolute atomic E-state index is 12.1. The highest BCUT2D eigenvalue weighted by Crippen LogP contribution is 2.06. The normalized spacial score (nSPS) is 15.9. The number of hydrogen-bond donors (Lipinski definition) is 1. The molecule has 1 aliphatic heterocycles. The molecule has 1 rings (SSSR count). The van der Waals surface area contributed by atoms with Gasteiger partial charge in [0.1, 0.15) is 11.6 Å². The number of rotatable bonds is 4. The van der Waals surface area contributed by atoms with Crippen LogP contribution in [0.15, 0.2) is 11.8 Å². The van der Waals surface area contributed by atoms with Crippen LogP contribution in [0.3, 0.4) is 0 Å². The lowest BCUT2D eigenvalue weighted by atomic mass is 10.2. The molecule has 0 radical (unpaired) electrons. The molecule has 0 spiro atoms. The number of hydrogen-bond acceptors (Lipinski definition) is 4. The van der Waals surface area contributed by atoms with Crippen LogP contribution in [0.4, 0.5) is 0 Å². The van der Waals surface area contributed by atoms with Crippen molar-refractivity contribution in [1.82, 2.24) is 15.1 Å². The van der Waals surface area contributed by atoms with Gasteiger partial charge in [0.05, 0.1) is 0 Å². The molecule has 0 atom stereocenters. The average molecular weight is 285 g/mol. The van der Waals surface area contributed by atoms with E-state index < -0.39 is 0 Å². The molecule has 2 amide bonds. The van der Waals surface area contributed by atoms with Gasteiger partial charge in [-0.05, 0) is 0 Å². The molecule has 104 valence electrons. The minimum Gasteiger partial charge on any atom is -0.388 e. The van der Waals surface area contributed by atoms with Crippen LogP contribution in [0.1, 0.15) is 6.92 Å². The predicted octanol–water partition coefficient (Wildman–Crippen LogP) is -0.0870. The van der Waals surface area contributed by atoms with E-state index in [1.54, 1.807) is 9.80 Å². The van der Waals surface area contributed by atoms with E-state index in [0.29, 0.717) is 38.6 Å². The van der Waals surface area contributed by atoms with Gasteiger partial charge in [-0.1, -0.05) is 0 Å². The molecule has 0 bridgehead atoms. The van der Waals surface area contributed by atoms with Gasteiger partial charge in [0.2, 0.25) is 5.91 Å². The van der Waals surface area contributed by atoms with Gasteiger partial charge >= 0.3 is 0 Å². The van der Waals surface area contributed by atoms with Crippen molar-refractivity contribution in [1.29, 1.82) is 5.26 Å². The minimum absolute atomic E-state index is 0.00641. The first kappa shape index (κ1) is 15.3. The predicted molar refractivity (Wildman–Crippen MR) is 71.3 cm³/mol. The van der Waals surface area contributed by atoms with Crippen molar-refractivity contribution in [2.24, 2.45) is 0 Å². The Hall–Kier alpha value is -1.74. The second-order valence-electron chi connectivity index (χ2n) is 4.11. The largest absolute Gasteiger partial charge is 0.388 e. The lowest BCUT2D eigenvalue weighted by Crippen LogP contribution is -2.50. The number of nitriles is 1. The van der Waals surface area contributed by atoms with E-state index in [1.165, 1.54) is 13.1 Å². The van der Waals surface area contributed by atoms with Gasteiger partial charge in [0, 0.05) is 51.7 Å². The molecular weight excluding hydrogens is 268 g/mol. The Morgan fingerprint density at radius 3 is 2.37 bits per heavy atom. The van der Waals surface area contributed by atoms with Crippen LogP contribution in [0.25, 0.3) is 0 Å². The zero-order valence-corrected chi connectivity index (χ0v) is 11.6. The average Bonchev–Trinajstić information content (AvgIpc) is 2.43. The van der Waals surface area contributed by atoms with Gasteiger partial charge < -0.3 is 15.1 Å². The molecule has 7 heteroatoms. The molecule has 1 fully saturated rings. The van der Waals surface area contributed by atoms with E-state index in [-0.39, 0.29) is 17.4 Å². The van der Waals surface area contributed by atoms with Crippen molar-refractivity contribution in [2.75, 3.05) is 38.6 Å². The minimum atomic E-state index is -0.312. The number of nitrogens with one attached hydrogen (secondary N) is 1. The smallest absolute Gasteiger partial charge is 0.266 e. The summed E-state index contributed by atoms with van der Waals surface area (Å²) < 4.78 is 0. The molecular formula is C12H17ClN4O2. The van der Waals surface area contributed by atoms with Crippen LogP contribution < -0.4 is 5.32 Å². The summed E-state index contributed by atoms with van der Waals surface area (Å²) in [5, 5.41) is 11.8. The van der Waals surface area contributed by atoms with Crippen molar-refractivity contribution in [3.05, 3.63) is 11.8 Å². The van der Waals surface area contributed by atoms with Crippen LogP contribution in [-0.2, 0) is 9.59 Å². The molecule has 6 nitrogen and oxygen atoms in total. The fourth-order valence-corrected chi connectivity index (χ4v) is 1.87. The Morgan fingerprint density at radius 1 is 1.32 bits per heavy atom. The molecule has 0 unspecified atom stereocenters. The zero-order chi connectivity index (χ0) is 14.3. The van der Waals surface area contributed by atoms with Crippen molar-refractivity contribution < 1.29 is 9.59 Å². The Labute approximate surface area is 117 Å². The fourth-order valence-electron chi connectivity index (χ4n) is 1.77. The number of amides is 2. The highest BCUT2D eigenvalue weighted by Gasteiger charge is 2.24. The Kier molecular flexibility index (Phi) is 6.16. The van der Waals surface area contributed by atoms with Gasteiger partial charge in [0.15, 0.2) is 0 Å². The first-order chi connectivity index (χ1) is 9.10. The number of nitrogens with zero attached hydrogens (tertiary/aromatic N) is 3. The second-order valence-corrected chi connectivity index (χ2v) is 4.49. The molecule has 19 heavy (non-hydrogen) atoms. The van der Waals surface area contributed by atoms with Crippen LogP contribution >= 0.6 is 11.6 Å². The lowest BCUT2D eigenvalue weighted by molar-refractivity contribution is -0.136. The maximum Gasteiger partial charge on any atom is 0.266 e. The van der Waals surface area contributed by atoms with Gasteiger partial charge in [-0.25, -0.2) is 0 Å². The van der Waals surface area contributed by atoms with Crippen molar-refractivity contribution in [2.45, 2.75) is 6.92 Å². The SMILES string of the molecule is CC(=O)N1CCN(C(=O)/C(C#N)=C\NCCCl)CC1. The van der Waals surface area contributed by atoms with E-state index in [0.717, 1.165) is 0 Å². The molecule has 0 saturated carbocycles. The van der Waals surface area contributed by atoms with Gasteiger partial charge in [0.25, 0.3) is 5.91 Å². The summed E-state index contributed by atoms with van der Waals surface area (Å²) in [7, 11) is 0. The Balaban J connectivity index is 2.56. The van der Waals surface area contributed by atoms with Crippen LogP contribution in [0.2, 0.25) is 0 Å². The van der Waals surface area contributed by atoms with Crippen molar-refractivity contribution in [3.8, 4) is 6.07 Å². The topological polar surface area (TPSA) is 76.4 Å². The van der Waals surface area contributed by atoms with Crippen molar-refractivity contribution >= 4 is 23.4 Å². The standard InChI is InChI=1S/C12H17ClN4O2/c1-10(18)16-4-6-17(7-5-16)12(19)11(8-14)9-15-3-2-13/h9,15H,2-7H2,1H3/b11-9-. The van der Waals surface area contributed by atoms with E-state index in [2.05, 4.69) is 5.32 Å². The van der Waals surface area contributed by atoms with Gasteiger partial charge in [-0.15, -0.1) is 11.6 Å². The summed E-state index contributed by atoms with van der Waals surface area (Å²) in [6, 6.07) is 1.88. The van der Waals surface area contributed by atoms with Gasteiger partial charge in [-0.2, -0.15) is 5.26 Å². The summed E-state index contributed by atoms with van der Waals surface area (Å²) >= 11 is 5.49. The molecule has 0 aliphatic carbocycles. The number of alkyl halides is 1. The first-order valence-corrected chi connectivity index (χ1v) is 6.58. The van der Waals surface area contributed by atoms with Gasteiger partial charge in [-0.3, -0.25) is 9.59 Å². The third-order valence-corrected chi connectivity index (χ3v) is 3.04. The Morgan fingerprint density at radius 2 is 1.89 bits per heavy atom. The molecule has 0 aromatic rings. The molecule has 0 aromatic heterocycles. The first-order valence-electron chi connectivity index (χ1n) is 6.04. The number of piperazine rings is 1. The van der Waals surface area contributed by atoms with E-state index in [4.69, 9.17) is 16.9 Å². The zero-order valence-electron chi connectivity index (χ0n) is 10.9. The second kappa shape index (κ2) is 7.64. The summed E-state index contributed by atoms with van der Waals surface area (Å²) in [6.45, 7) is 3.93. The summed E-state index contributed by atoms with van der Waals surface area (Å²) in [6.07, 6.45) is 1.39. The van der Waals surface area contributed by atoms with Crippen LogP contribution in [0.5, 0.6) is 0 Å². The van der Waals surface area contributed by atoms with Crippen LogP contribution in [0, 0.1) is 11.3 Å². The summed E-state index contributed by atoms with van der Waals surface area (Å²) in [4.78, 5) is 26.5. The van der Waals surface area contributed by atoms with E-state index in [1.807, 2.05) is 6.07 Å². The summed E-state index contributed by atoms with van der Waals surface area (Å²) in [5.74, 6) is 0.0976. The maximum atomic E-state index is 12.1. The Bertz CT molecular complexity index is 408. The highest BCUT2D eigenvalue weighted by molar-refractivity contribution is 6.18. The number of carbonyl (C=O) groups excluding carboxylic acids is 2. The molecule has 1 N–H and O–H groups in total. The lowest BCUT2D eigenvalue weighted by Gasteiger charge is -2.34. The van der Waals surface area contributed by atoms with E-state index in [9.17, 15) is 9.59 Å². The monoisotopic (exact) mass is 284 g/mol. The third kappa shape index (κ3) is 4.45. The fraction of sp³-hybridized carbons (Fsp3) is 0.583. The quantitative estimate of drug-likeness (QED) is 0.339. The third-order valence-electron chi connectivity index (χ3n) is 2.85. The number of halogens is 1.